The number of benzene rings is 2. The second-order valence-corrected chi connectivity index (χ2v) is 6.15. The van der Waals surface area contributed by atoms with E-state index in [-0.39, 0.29) is 17.0 Å². The number of nitrogens with zero attached hydrogens (tertiary/aromatic N) is 2. The summed E-state index contributed by atoms with van der Waals surface area (Å²) in [5, 5.41) is 8.09. The summed E-state index contributed by atoms with van der Waals surface area (Å²) in [6.45, 7) is 1.51. The second kappa shape index (κ2) is 7.85. The Morgan fingerprint density at radius 1 is 1.14 bits per heavy atom. The molecule has 0 fully saturated rings. The lowest BCUT2D eigenvalue weighted by atomic mass is 10.1. The predicted molar refractivity (Wildman–Crippen MR) is 96.0 cm³/mol. The molecule has 0 saturated heterocycles. The second-order valence-electron chi connectivity index (χ2n) is 5.72. The fraction of sp³-hybridized carbons (Fsp3) is 0.105. The topological polar surface area (TPSA) is 64.7 Å². The molecule has 0 atom stereocenters. The third kappa shape index (κ3) is 4.58. The first-order valence-corrected chi connectivity index (χ1v) is 8.28. The number of hydrogen-bond acceptors (Lipinski definition) is 5. The summed E-state index contributed by atoms with van der Waals surface area (Å²) in [5.41, 5.74) is 0.239. The monoisotopic (exact) mass is 408 g/mol. The number of halogens is 4. The van der Waals surface area contributed by atoms with E-state index in [1.165, 1.54) is 13.0 Å². The summed E-state index contributed by atoms with van der Waals surface area (Å²) < 4.78 is 43.3. The molecule has 28 heavy (non-hydrogen) atoms. The summed E-state index contributed by atoms with van der Waals surface area (Å²) >= 11 is 5.84. The highest BCUT2D eigenvalue weighted by molar-refractivity contribution is 6.30. The Morgan fingerprint density at radius 3 is 2.54 bits per heavy atom. The molecule has 0 unspecified atom stereocenters. The van der Waals surface area contributed by atoms with Gasteiger partial charge in [0.25, 0.3) is 0 Å². The van der Waals surface area contributed by atoms with Crippen molar-refractivity contribution in [2.75, 3.05) is 0 Å². The minimum absolute atomic E-state index is 0.188. The largest absolute Gasteiger partial charge is 0.416 e. The van der Waals surface area contributed by atoms with Gasteiger partial charge in [0.05, 0.1) is 11.1 Å². The Hall–Kier alpha value is -3.13. The van der Waals surface area contributed by atoms with Crippen LogP contribution in [0.15, 0.2) is 64.3 Å². The van der Waals surface area contributed by atoms with E-state index in [4.69, 9.17) is 21.0 Å². The smallest absolute Gasteiger partial charge is 0.354 e. The molecule has 0 spiro atoms. The van der Waals surface area contributed by atoms with Gasteiger partial charge >= 0.3 is 12.1 Å². The van der Waals surface area contributed by atoms with Crippen LogP contribution in [0.4, 0.5) is 13.2 Å². The Kier molecular flexibility index (Phi) is 5.51. The number of carbonyl (C=O) groups is 1. The first-order chi connectivity index (χ1) is 13.2. The minimum Gasteiger partial charge on any atom is -0.354 e. The zero-order valence-electron chi connectivity index (χ0n) is 14.3. The SMILES string of the molecule is C/C(=N\OC(=O)c1cccc(C(F)(F)F)c1)c1cc(-c2ccc(Cl)cc2)no1. The lowest BCUT2D eigenvalue weighted by Gasteiger charge is -2.07. The van der Waals surface area contributed by atoms with Gasteiger partial charge in [0.15, 0.2) is 5.76 Å². The van der Waals surface area contributed by atoms with Crippen molar-refractivity contribution in [3.63, 3.8) is 0 Å². The lowest BCUT2D eigenvalue weighted by Crippen LogP contribution is -2.08. The van der Waals surface area contributed by atoms with Gasteiger partial charge in [-0.1, -0.05) is 40.1 Å². The van der Waals surface area contributed by atoms with Crippen molar-refractivity contribution in [3.05, 3.63) is 76.5 Å². The van der Waals surface area contributed by atoms with E-state index in [0.717, 1.165) is 17.7 Å². The number of rotatable bonds is 4. The van der Waals surface area contributed by atoms with Gasteiger partial charge in [-0.05, 0) is 37.3 Å². The fourth-order valence-corrected chi connectivity index (χ4v) is 2.36. The molecule has 0 radical (unpaired) electrons. The van der Waals surface area contributed by atoms with E-state index in [2.05, 4.69) is 10.3 Å². The Morgan fingerprint density at radius 2 is 1.86 bits per heavy atom. The van der Waals surface area contributed by atoms with E-state index in [0.29, 0.717) is 16.8 Å². The molecule has 1 aromatic heterocycles. The maximum absolute atomic E-state index is 12.7. The summed E-state index contributed by atoms with van der Waals surface area (Å²) in [6.07, 6.45) is -4.56. The molecule has 0 saturated carbocycles. The van der Waals surface area contributed by atoms with Gasteiger partial charge in [-0.3, -0.25) is 0 Å². The molecular weight excluding hydrogens is 397 g/mol. The van der Waals surface area contributed by atoms with Crippen molar-refractivity contribution in [1.82, 2.24) is 5.16 Å². The van der Waals surface area contributed by atoms with E-state index in [9.17, 15) is 18.0 Å². The van der Waals surface area contributed by atoms with Crippen LogP contribution in [-0.4, -0.2) is 16.8 Å². The fourth-order valence-electron chi connectivity index (χ4n) is 2.23. The van der Waals surface area contributed by atoms with Crippen molar-refractivity contribution in [2.45, 2.75) is 13.1 Å². The highest BCUT2D eigenvalue weighted by Crippen LogP contribution is 2.29. The van der Waals surface area contributed by atoms with Gasteiger partial charge in [-0.25, -0.2) is 4.79 Å². The number of carbonyl (C=O) groups excluding carboxylic acids is 1. The highest BCUT2D eigenvalue weighted by atomic mass is 35.5. The third-order valence-electron chi connectivity index (χ3n) is 3.70. The van der Waals surface area contributed by atoms with Crippen LogP contribution in [0.5, 0.6) is 0 Å². The number of aromatic nitrogens is 1. The highest BCUT2D eigenvalue weighted by Gasteiger charge is 2.31. The molecule has 2 aromatic carbocycles. The van der Waals surface area contributed by atoms with Gasteiger partial charge < -0.3 is 9.36 Å². The average molecular weight is 409 g/mol. The molecule has 1 heterocycles. The van der Waals surface area contributed by atoms with Crippen LogP contribution in [0, 0.1) is 0 Å². The first kappa shape index (κ1) is 19.6. The van der Waals surface area contributed by atoms with Crippen LogP contribution in [0.3, 0.4) is 0 Å². The summed E-state index contributed by atoms with van der Waals surface area (Å²) in [7, 11) is 0. The van der Waals surface area contributed by atoms with Crippen molar-refractivity contribution in [1.29, 1.82) is 0 Å². The number of hydrogen-bond donors (Lipinski definition) is 0. The summed E-state index contributed by atoms with van der Waals surface area (Å²) in [6, 6.07) is 12.4. The number of oxime groups is 1. The Bertz CT molecular complexity index is 1030. The van der Waals surface area contributed by atoms with Crippen molar-refractivity contribution in [2.24, 2.45) is 5.16 Å². The van der Waals surface area contributed by atoms with Crippen LogP contribution in [-0.2, 0) is 11.0 Å². The first-order valence-electron chi connectivity index (χ1n) is 7.90. The number of alkyl halides is 3. The minimum atomic E-state index is -4.56. The lowest BCUT2D eigenvalue weighted by molar-refractivity contribution is -0.137. The van der Waals surface area contributed by atoms with Crippen molar-refractivity contribution in [3.8, 4) is 11.3 Å². The van der Waals surface area contributed by atoms with Gasteiger partial charge in [0, 0.05) is 16.7 Å². The van der Waals surface area contributed by atoms with E-state index < -0.39 is 17.7 Å². The molecule has 3 aromatic rings. The van der Waals surface area contributed by atoms with Crippen LogP contribution in [0.25, 0.3) is 11.3 Å². The van der Waals surface area contributed by atoms with Gasteiger partial charge in [0.2, 0.25) is 0 Å². The zero-order chi connectivity index (χ0) is 20.3. The maximum atomic E-state index is 12.7. The van der Waals surface area contributed by atoms with E-state index in [1.807, 2.05) is 0 Å². The van der Waals surface area contributed by atoms with Crippen molar-refractivity contribution >= 4 is 23.3 Å². The molecular formula is C19H12ClF3N2O3. The van der Waals surface area contributed by atoms with Crippen LogP contribution >= 0.6 is 11.6 Å². The normalized spacial score (nSPS) is 12.1. The van der Waals surface area contributed by atoms with Crippen LogP contribution < -0.4 is 0 Å². The molecule has 0 bridgehead atoms. The Labute approximate surface area is 162 Å². The maximum Gasteiger partial charge on any atom is 0.416 e. The molecule has 0 aliphatic rings. The van der Waals surface area contributed by atoms with Crippen LogP contribution in [0.2, 0.25) is 5.02 Å². The summed E-state index contributed by atoms with van der Waals surface area (Å²) in [5.74, 6) is -0.787. The molecule has 0 aliphatic heterocycles. The molecule has 0 amide bonds. The quantitative estimate of drug-likeness (QED) is 0.320. The third-order valence-corrected chi connectivity index (χ3v) is 3.95. The molecule has 144 valence electrons. The molecule has 0 aliphatic carbocycles. The van der Waals surface area contributed by atoms with Crippen molar-refractivity contribution < 1.29 is 27.3 Å². The Balaban J connectivity index is 1.72. The van der Waals surface area contributed by atoms with E-state index in [1.54, 1.807) is 30.3 Å². The van der Waals surface area contributed by atoms with Gasteiger partial charge in [-0.2, -0.15) is 13.2 Å². The predicted octanol–water partition coefficient (Wildman–Crippen LogP) is 5.59. The molecule has 5 nitrogen and oxygen atoms in total. The molecule has 0 N–H and O–H groups in total. The average Bonchev–Trinajstić information content (AvgIpc) is 3.16. The van der Waals surface area contributed by atoms with Gasteiger partial charge in [0.1, 0.15) is 11.4 Å². The molecule has 9 heteroatoms. The van der Waals surface area contributed by atoms with Gasteiger partial charge in [-0.15, -0.1) is 0 Å². The van der Waals surface area contributed by atoms with E-state index >= 15 is 0 Å². The summed E-state index contributed by atoms with van der Waals surface area (Å²) in [4.78, 5) is 16.7. The standard InChI is InChI=1S/C19H12ClF3N2O3/c1-11(17-10-16(25-27-17)12-5-7-15(20)8-6-12)24-28-18(26)13-3-2-4-14(9-13)19(21,22)23/h2-10H,1H3/b24-11+. The molecule has 3 rings (SSSR count). The van der Waals surface area contributed by atoms with Crippen LogP contribution in [0.1, 0.15) is 28.6 Å². The zero-order valence-corrected chi connectivity index (χ0v) is 15.1.